The number of aliphatic hydroxyl groups excluding tert-OH is 1. The zero-order chi connectivity index (χ0) is 42.8. The fourth-order valence-corrected chi connectivity index (χ4v) is 8.25. The molecule has 0 saturated carbocycles. The number of quaternary nitrogens is 1. The van der Waals surface area contributed by atoms with Gasteiger partial charge in [-0.05, 0) is 38.5 Å². The summed E-state index contributed by atoms with van der Waals surface area (Å²) in [5.41, 5.74) is 0. The van der Waals surface area contributed by atoms with Gasteiger partial charge in [0.25, 0.3) is 0 Å². The molecule has 3 N–H and O–H groups in total. The first-order chi connectivity index (χ1) is 28.0. The molecule has 58 heavy (non-hydrogen) atoms. The van der Waals surface area contributed by atoms with Crippen molar-refractivity contribution < 1.29 is 32.9 Å². The quantitative estimate of drug-likeness (QED) is 0.0244. The topological polar surface area (TPSA) is 105 Å². The molecule has 0 radical (unpaired) electrons. The second kappa shape index (κ2) is 41.6. The number of nitrogens with one attached hydrogen (secondary N) is 1. The molecule has 0 aromatic rings. The molecule has 0 aromatic carbocycles. The van der Waals surface area contributed by atoms with Crippen molar-refractivity contribution in [1.29, 1.82) is 0 Å². The molecule has 9 heteroatoms. The Bertz CT molecular complexity index is 958. The van der Waals surface area contributed by atoms with Crippen LogP contribution in [0, 0.1) is 0 Å². The van der Waals surface area contributed by atoms with Crippen LogP contribution in [0.5, 0.6) is 0 Å². The third-order valence-corrected chi connectivity index (χ3v) is 12.5. The first-order valence-corrected chi connectivity index (χ1v) is 26.5. The van der Waals surface area contributed by atoms with E-state index in [9.17, 15) is 19.4 Å². The monoisotopic (exact) mass is 844 g/mol. The predicted octanol–water partition coefficient (Wildman–Crippen LogP) is 14.3. The van der Waals surface area contributed by atoms with Gasteiger partial charge in [0.15, 0.2) is 0 Å². The Balaban J connectivity index is 4.23. The second-order valence-electron chi connectivity index (χ2n) is 18.5. The normalized spacial score (nSPS) is 14.3. The molecule has 0 spiro atoms. The first-order valence-electron chi connectivity index (χ1n) is 25.1. The van der Waals surface area contributed by atoms with E-state index in [-0.39, 0.29) is 19.1 Å². The maximum absolute atomic E-state index is 12.9. The van der Waals surface area contributed by atoms with E-state index in [0.29, 0.717) is 23.9 Å². The van der Waals surface area contributed by atoms with E-state index in [1.165, 1.54) is 180 Å². The van der Waals surface area contributed by atoms with Crippen LogP contribution < -0.4 is 5.32 Å². The average molecular weight is 844 g/mol. The highest BCUT2D eigenvalue weighted by Crippen LogP contribution is 2.43. The molecule has 0 rings (SSSR count). The zero-order valence-electron chi connectivity index (χ0n) is 39.3. The number of rotatable bonds is 46. The number of nitrogens with zero attached hydrogens (tertiary/aromatic N) is 1. The lowest BCUT2D eigenvalue weighted by atomic mass is 10.0. The highest BCUT2D eigenvalue weighted by molar-refractivity contribution is 7.47. The van der Waals surface area contributed by atoms with Crippen molar-refractivity contribution in [3.63, 3.8) is 0 Å². The molecule has 346 valence electrons. The molecule has 0 saturated heterocycles. The lowest BCUT2D eigenvalue weighted by molar-refractivity contribution is -0.870. The largest absolute Gasteiger partial charge is 0.472 e. The van der Waals surface area contributed by atoms with Crippen LogP contribution >= 0.6 is 7.82 Å². The molecular weight excluding hydrogens is 744 g/mol. The Labute approximate surface area is 361 Å². The molecule has 1 amide bonds. The van der Waals surface area contributed by atoms with Crippen molar-refractivity contribution in [2.45, 2.75) is 257 Å². The maximum Gasteiger partial charge on any atom is 0.472 e. The summed E-state index contributed by atoms with van der Waals surface area (Å²) in [5, 5.41) is 14.0. The zero-order valence-corrected chi connectivity index (χ0v) is 40.2. The minimum absolute atomic E-state index is 0.0759. The van der Waals surface area contributed by atoms with Crippen LogP contribution in [0.3, 0.4) is 0 Å². The maximum atomic E-state index is 12.9. The van der Waals surface area contributed by atoms with E-state index >= 15 is 0 Å². The summed E-state index contributed by atoms with van der Waals surface area (Å²) in [6.45, 7) is 4.91. The van der Waals surface area contributed by atoms with Crippen molar-refractivity contribution in [2.75, 3.05) is 40.9 Å². The van der Waals surface area contributed by atoms with E-state index in [0.717, 1.165) is 38.5 Å². The fourth-order valence-electron chi connectivity index (χ4n) is 7.51. The fraction of sp³-hybridized carbons (Fsp3) is 0.939. The van der Waals surface area contributed by atoms with E-state index in [1.807, 2.05) is 21.1 Å². The number of hydrogen-bond donors (Lipinski definition) is 3. The number of aliphatic hydroxyl groups is 1. The summed E-state index contributed by atoms with van der Waals surface area (Å²) >= 11 is 0. The summed E-state index contributed by atoms with van der Waals surface area (Å²) in [6, 6.07) is -0.759. The summed E-state index contributed by atoms with van der Waals surface area (Å²) in [4.78, 5) is 23.2. The Morgan fingerprint density at radius 1 is 0.569 bits per heavy atom. The standard InChI is InChI=1S/C49H99N2O6P/c1-6-8-10-12-14-16-18-20-22-23-24-25-26-27-28-29-31-33-35-37-39-41-43-49(53)50-47(46-57-58(54,55)56-45-44-51(3,4)5)48(52)42-40-38-36-34-32-30-21-19-17-15-13-11-9-7-2/h26-27,47-48,52H,6-25,28-46H2,1-5H3,(H-,50,53,54,55)/p+1/b27-26-. The summed E-state index contributed by atoms with van der Waals surface area (Å²) in [6.07, 6.45) is 48.1. The van der Waals surface area contributed by atoms with Gasteiger partial charge in [-0.2, -0.15) is 0 Å². The van der Waals surface area contributed by atoms with Crippen LogP contribution in [-0.2, 0) is 18.4 Å². The van der Waals surface area contributed by atoms with E-state index < -0.39 is 20.0 Å². The molecular formula is C49H100N2O6P+. The molecule has 3 atom stereocenters. The van der Waals surface area contributed by atoms with Crippen LogP contribution in [0.1, 0.15) is 245 Å². The Kier molecular flexibility index (Phi) is 41.0. The van der Waals surface area contributed by atoms with Gasteiger partial charge in [0.1, 0.15) is 13.2 Å². The smallest absolute Gasteiger partial charge is 0.391 e. The number of phosphoric acid groups is 1. The van der Waals surface area contributed by atoms with Crippen molar-refractivity contribution in [3.05, 3.63) is 12.2 Å². The molecule has 0 aromatic heterocycles. The number of amides is 1. The molecule has 8 nitrogen and oxygen atoms in total. The van der Waals surface area contributed by atoms with Gasteiger partial charge in [0, 0.05) is 6.42 Å². The van der Waals surface area contributed by atoms with Gasteiger partial charge in [-0.1, -0.05) is 212 Å². The van der Waals surface area contributed by atoms with Crippen LogP contribution in [-0.4, -0.2) is 73.4 Å². The number of allylic oxidation sites excluding steroid dienone is 2. The van der Waals surface area contributed by atoms with Crippen molar-refractivity contribution >= 4 is 13.7 Å². The molecule has 3 unspecified atom stereocenters. The molecule has 0 aliphatic carbocycles. The van der Waals surface area contributed by atoms with E-state index in [4.69, 9.17) is 9.05 Å². The van der Waals surface area contributed by atoms with Crippen LogP contribution in [0.15, 0.2) is 12.2 Å². The van der Waals surface area contributed by atoms with Gasteiger partial charge >= 0.3 is 7.82 Å². The lowest BCUT2D eigenvalue weighted by Crippen LogP contribution is -2.46. The van der Waals surface area contributed by atoms with Crippen LogP contribution in [0.2, 0.25) is 0 Å². The van der Waals surface area contributed by atoms with Gasteiger partial charge < -0.3 is 19.8 Å². The van der Waals surface area contributed by atoms with Crippen LogP contribution in [0.25, 0.3) is 0 Å². The van der Waals surface area contributed by atoms with Crippen LogP contribution in [0.4, 0.5) is 0 Å². The summed E-state index contributed by atoms with van der Waals surface area (Å²) < 4.78 is 23.7. The van der Waals surface area contributed by atoms with Gasteiger partial charge in [0.05, 0.1) is 39.9 Å². The van der Waals surface area contributed by atoms with E-state index in [1.54, 1.807) is 0 Å². The SMILES string of the molecule is CCCCCCCCCCCCC/C=C\CCCCCCCCCC(=O)NC(COP(=O)(O)OCC[N+](C)(C)C)C(O)CCCCCCCCCCCCCCCC. The Morgan fingerprint density at radius 3 is 1.33 bits per heavy atom. The number of likely N-dealkylation sites (N-methyl/N-ethyl adjacent to an activating group) is 1. The third kappa shape index (κ3) is 43.3. The summed E-state index contributed by atoms with van der Waals surface area (Å²) in [5.74, 6) is -0.146. The lowest BCUT2D eigenvalue weighted by Gasteiger charge is -2.26. The van der Waals surface area contributed by atoms with Gasteiger partial charge in [-0.15, -0.1) is 0 Å². The summed E-state index contributed by atoms with van der Waals surface area (Å²) in [7, 11) is 1.62. The number of carbonyl (C=O) groups excluding carboxylic acids is 1. The second-order valence-corrected chi connectivity index (χ2v) is 20.0. The van der Waals surface area contributed by atoms with Gasteiger partial charge in [0.2, 0.25) is 5.91 Å². The van der Waals surface area contributed by atoms with Crippen molar-refractivity contribution in [2.24, 2.45) is 0 Å². The van der Waals surface area contributed by atoms with Crippen molar-refractivity contribution in [1.82, 2.24) is 5.32 Å². The molecule has 0 heterocycles. The molecule has 0 aliphatic rings. The Hall–Kier alpha value is -0.760. The molecule has 0 aliphatic heterocycles. The number of unbranched alkanes of at least 4 members (excludes halogenated alkanes) is 31. The van der Waals surface area contributed by atoms with Crippen molar-refractivity contribution in [3.8, 4) is 0 Å². The first kappa shape index (κ1) is 57.2. The minimum atomic E-state index is -4.31. The number of phosphoric ester groups is 1. The number of hydrogen-bond acceptors (Lipinski definition) is 5. The third-order valence-electron chi connectivity index (χ3n) is 11.5. The highest BCUT2D eigenvalue weighted by Gasteiger charge is 2.28. The molecule has 0 bridgehead atoms. The van der Waals surface area contributed by atoms with E-state index in [2.05, 4.69) is 31.3 Å². The Morgan fingerprint density at radius 2 is 0.931 bits per heavy atom. The van der Waals surface area contributed by atoms with Gasteiger partial charge in [-0.25, -0.2) is 4.57 Å². The van der Waals surface area contributed by atoms with Gasteiger partial charge in [-0.3, -0.25) is 13.8 Å². The predicted molar refractivity (Wildman–Crippen MR) is 249 cm³/mol. The molecule has 0 fully saturated rings. The highest BCUT2D eigenvalue weighted by atomic mass is 31.2. The minimum Gasteiger partial charge on any atom is -0.391 e. The number of carbonyl (C=O) groups is 1. The average Bonchev–Trinajstić information content (AvgIpc) is 3.17.